The van der Waals surface area contributed by atoms with Gasteiger partial charge in [0.25, 0.3) is 0 Å². The molecule has 1 saturated carbocycles. The van der Waals surface area contributed by atoms with E-state index in [1.807, 2.05) is 0 Å². The van der Waals surface area contributed by atoms with E-state index in [9.17, 15) is 9.59 Å². The van der Waals surface area contributed by atoms with Crippen LogP contribution in [0.2, 0.25) is 0 Å². The summed E-state index contributed by atoms with van der Waals surface area (Å²) in [5.41, 5.74) is 0.591. The van der Waals surface area contributed by atoms with E-state index in [4.69, 9.17) is 5.11 Å². The summed E-state index contributed by atoms with van der Waals surface area (Å²) in [4.78, 5) is 26.8. The number of pyridine rings is 1. The summed E-state index contributed by atoms with van der Waals surface area (Å²) in [5, 5.41) is 14.8. The highest BCUT2D eigenvalue weighted by molar-refractivity contribution is 5.89. The largest absolute Gasteiger partial charge is 0.478 e. The van der Waals surface area contributed by atoms with E-state index in [1.54, 1.807) is 19.9 Å². The summed E-state index contributed by atoms with van der Waals surface area (Å²) in [5.74, 6) is -0.568. The molecule has 0 aliphatic heterocycles. The lowest BCUT2D eigenvalue weighted by Gasteiger charge is -2.15. The van der Waals surface area contributed by atoms with Crippen LogP contribution < -0.4 is 10.6 Å². The number of carboxylic acid groups (broad SMARTS) is 1. The van der Waals surface area contributed by atoms with Gasteiger partial charge in [-0.15, -0.1) is 0 Å². The Morgan fingerprint density at radius 2 is 2.11 bits per heavy atom. The number of aryl methyl sites for hydroxylation is 1. The van der Waals surface area contributed by atoms with Gasteiger partial charge >= 0.3 is 5.97 Å². The van der Waals surface area contributed by atoms with Crippen molar-refractivity contribution in [2.75, 3.05) is 5.32 Å². The van der Waals surface area contributed by atoms with Crippen molar-refractivity contribution in [2.45, 2.75) is 38.8 Å². The quantitative estimate of drug-likeness (QED) is 0.741. The molecule has 102 valence electrons. The number of nitrogens with one attached hydrogen (secondary N) is 2. The molecule has 0 spiro atoms. The van der Waals surface area contributed by atoms with Crippen molar-refractivity contribution in [3.63, 3.8) is 0 Å². The highest BCUT2D eigenvalue weighted by atomic mass is 16.4. The number of aromatic nitrogens is 1. The van der Waals surface area contributed by atoms with Crippen LogP contribution in [-0.2, 0) is 4.79 Å². The lowest BCUT2D eigenvalue weighted by molar-refractivity contribution is -0.121. The number of hydrogen-bond donors (Lipinski definition) is 3. The smallest absolute Gasteiger partial charge is 0.337 e. The van der Waals surface area contributed by atoms with Crippen LogP contribution >= 0.6 is 0 Å². The zero-order chi connectivity index (χ0) is 14.0. The second-order valence-electron chi connectivity index (χ2n) is 4.78. The topological polar surface area (TPSA) is 91.3 Å². The Labute approximate surface area is 111 Å². The molecule has 1 atom stereocenters. The van der Waals surface area contributed by atoms with Gasteiger partial charge in [-0.05, 0) is 38.8 Å². The van der Waals surface area contributed by atoms with Crippen molar-refractivity contribution >= 4 is 17.7 Å². The van der Waals surface area contributed by atoms with Crippen LogP contribution in [-0.4, -0.2) is 34.1 Å². The van der Waals surface area contributed by atoms with Crippen molar-refractivity contribution in [2.24, 2.45) is 0 Å². The van der Waals surface area contributed by atoms with Crippen LogP contribution in [0.15, 0.2) is 12.1 Å². The number of aromatic carboxylic acids is 1. The lowest BCUT2D eigenvalue weighted by Crippen LogP contribution is -2.38. The summed E-state index contributed by atoms with van der Waals surface area (Å²) in [7, 11) is 0. The van der Waals surface area contributed by atoms with Crippen LogP contribution in [0.4, 0.5) is 5.82 Å². The number of carbonyl (C=O) groups is 2. The number of carboxylic acids is 1. The van der Waals surface area contributed by atoms with Gasteiger partial charge in [-0.25, -0.2) is 9.78 Å². The summed E-state index contributed by atoms with van der Waals surface area (Å²) in [6.07, 6.45) is 2.09. The number of hydrogen-bond acceptors (Lipinski definition) is 4. The van der Waals surface area contributed by atoms with Crippen LogP contribution in [0.1, 0.15) is 35.8 Å². The molecule has 1 aliphatic carbocycles. The van der Waals surface area contributed by atoms with Crippen LogP contribution in [0.3, 0.4) is 0 Å². The minimum Gasteiger partial charge on any atom is -0.478 e. The van der Waals surface area contributed by atoms with Gasteiger partial charge < -0.3 is 15.7 Å². The van der Waals surface area contributed by atoms with Crippen molar-refractivity contribution in [1.29, 1.82) is 0 Å². The van der Waals surface area contributed by atoms with E-state index in [-0.39, 0.29) is 11.5 Å². The third-order valence-electron chi connectivity index (χ3n) is 3.00. The Balaban J connectivity index is 1.99. The molecule has 1 unspecified atom stereocenters. The Hall–Kier alpha value is -2.11. The standard InChI is InChI=1S/C13H17N3O3/c1-7-10(13(18)19)5-6-11(14-7)15-8(2)12(17)16-9-3-4-9/h5-6,8-9H,3-4H2,1-2H3,(H,14,15)(H,16,17)(H,18,19). The minimum atomic E-state index is -1.00. The third-order valence-corrected chi connectivity index (χ3v) is 3.00. The van der Waals surface area contributed by atoms with E-state index in [0.29, 0.717) is 17.6 Å². The first kappa shape index (κ1) is 13.3. The molecule has 1 aromatic heterocycles. The van der Waals surface area contributed by atoms with Gasteiger partial charge in [-0.2, -0.15) is 0 Å². The Morgan fingerprint density at radius 3 is 2.63 bits per heavy atom. The fourth-order valence-electron chi connectivity index (χ4n) is 1.71. The summed E-state index contributed by atoms with van der Waals surface area (Å²) >= 11 is 0. The van der Waals surface area contributed by atoms with Gasteiger partial charge in [-0.1, -0.05) is 0 Å². The molecule has 3 N–H and O–H groups in total. The molecular formula is C13H17N3O3. The predicted octanol–water partition coefficient (Wildman–Crippen LogP) is 1.17. The fourth-order valence-corrected chi connectivity index (χ4v) is 1.71. The normalized spacial score (nSPS) is 15.7. The molecule has 1 aromatic rings. The first-order valence-corrected chi connectivity index (χ1v) is 6.25. The molecular weight excluding hydrogens is 246 g/mol. The van der Waals surface area contributed by atoms with Crippen molar-refractivity contribution in [3.05, 3.63) is 23.4 Å². The molecule has 0 bridgehead atoms. The van der Waals surface area contributed by atoms with Gasteiger partial charge in [0.15, 0.2) is 0 Å². The molecule has 1 heterocycles. The van der Waals surface area contributed by atoms with Crippen molar-refractivity contribution in [3.8, 4) is 0 Å². The van der Waals surface area contributed by atoms with Gasteiger partial charge in [0.2, 0.25) is 5.91 Å². The molecule has 0 radical (unpaired) electrons. The van der Waals surface area contributed by atoms with Gasteiger partial charge in [0.05, 0.1) is 11.3 Å². The lowest BCUT2D eigenvalue weighted by atomic mass is 10.2. The molecule has 6 nitrogen and oxygen atoms in total. The molecule has 0 aromatic carbocycles. The number of anilines is 1. The van der Waals surface area contributed by atoms with Crippen LogP contribution in [0.5, 0.6) is 0 Å². The molecule has 2 rings (SSSR count). The molecule has 19 heavy (non-hydrogen) atoms. The summed E-state index contributed by atoms with van der Waals surface area (Å²) < 4.78 is 0. The number of nitrogens with zero attached hydrogens (tertiary/aromatic N) is 1. The SMILES string of the molecule is Cc1nc(NC(C)C(=O)NC2CC2)ccc1C(=O)O. The maximum absolute atomic E-state index is 11.8. The van der Waals surface area contributed by atoms with E-state index in [2.05, 4.69) is 15.6 Å². The molecule has 1 fully saturated rings. The van der Waals surface area contributed by atoms with Gasteiger partial charge in [0.1, 0.15) is 11.9 Å². The highest BCUT2D eigenvalue weighted by Gasteiger charge is 2.25. The van der Waals surface area contributed by atoms with Crippen molar-refractivity contribution in [1.82, 2.24) is 10.3 Å². The Morgan fingerprint density at radius 1 is 1.42 bits per heavy atom. The van der Waals surface area contributed by atoms with Crippen LogP contribution in [0.25, 0.3) is 0 Å². The zero-order valence-electron chi connectivity index (χ0n) is 10.9. The second-order valence-corrected chi connectivity index (χ2v) is 4.78. The second kappa shape index (κ2) is 5.26. The van der Waals surface area contributed by atoms with Gasteiger partial charge in [-0.3, -0.25) is 4.79 Å². The first-order valence-electron chi connectivity index (χ1n) is 6.25. The van der Waals surface area contributed by atoms with E-state index < -0.39 is 12.0 Å². The zero-order valence-corrected chi connectivity index (χ0v) is 10.9. The van der Waals surface area contributed by atoms with Gasteiger partial charge in [0, 0.05) is 6.04 Å². The molecule has 1 amide bonds. The molecule has 6 heteroatoms. The molecule has 1 aliphatic rings. The van der Waals surface area contributed by atoms with E-state index >= 15 is 0 Å². The fraction of sp³-hybridized carbons (Fsp3) is 0.462. The Kier molecular flexibility index (Phi) is 3.69. The molecule has 0 saturated heterocycles. The van der Waals surface area contributed by atoms with E-state index in [1.165, 1.54) is 6.07 Å². The maximum Gasteiger partial charge on any atom is 0.337 e. The average molecular weight is 263 g/mol. The third kappa shape index (κ3) is 3.43. The highest BCUT2D eigenvalue weighted by Crippen LogP contribution is 2.19. The van der Waals surface area contributed by atoms with Crippen molar-refractivity contribution < 1.29 is 14.7 Å². The maximum atomic E-state index is 11.8. The minimum absolute atomic E-state index is 0.0655. The van der Waals surface area contributed by atoms with Crippen LogP contribution in [0, 0.1) is 6.92 Å². The Bertz CT molecular complexity index is 512. The average Bonchev–Trinajstić information content (AvgIpc) is 3.12. The monoisotopic (exact) mass is 263 g/mol. The number of carbonyl (C=O) groups excluding carboxylic acids is 1. The number of amides is 1. The predicted molar refractivity (Wildman–Crippen MR) is 70.2 cm³/mol. The summed E-state index contributed by atoms with van der Waals surface area (Å²) in [6.45, 7) is 3.38. The summed E-state index contributed by atoms with van der Waals surface area (Å²) in [6, 6.07) is 2.97. The van der Waals surface area contributed by atoms with E-state index in [0.717, 1.165) is 12.8 Å². The first-order chi connectivity index (χ1) is 8.97. The number of rotatable bonds is 5.